The molecule has 0 amide bonds. The standard InChI is InChI=1S/C14H14F2N4S2/c1-21-13-20-11-8(15)5-7(10(16)12(11)22-13)6-14(18)9(17)3-2-4-19-14/h2-5,19H,6,17-18H2,1H3. The van der Waals surface area contributed by atoms with Gasteiger partial charge in [-0.25, -0.2) is 13.8 Å². The Hall–Kier alpha value is -1.64. The Morgan fingerprint density at radius 1 is 1.45 bits per heavy atom. The van der Waals surface area contributed by atoms with Gasteiger partial charge in [-0.15, -0.1) is 11.3 Å². The van der Waals surface area contributed by atoms with Gasteiger partial charge in [0.15, 0.2) is 10.2 Å². The van der Waals surface area contributed by atoms with Gasteiger partial charge in [-0.2, -0.15) is 0 Å². The SMILES string of the molecule is CSc1nc2c(F)cc(CC3(N)NC=CC=C3N)c(F)c2s1. The first-order valence-electron chi connectivity index (χ1n) is 6.45. The summed E-state index contributed by atoms with van der Waals surface area (Å²) in [6.07, 6.45) is 6.82. The van der Waals surface area contributed by atoms with E-state index in [4.69, 9.17) is 11.5 Å². The Kier molecular flexibility index (Phi) is 3.84. The number of dihydropyridines is 1. The summed E-state index contributed by atoms with van der Waals surface area (Å²) in [6, 6.07) is 1.14. The van der Waals surface area contributed by atoms with E-state index in [9.17, 15) is 8.78 Å². The molecule has 2 aromatic rings. The van der Waals surface area contributed by atoms with Crippen molar-refractivity contribution in [3.05, 3.63) is 47.3 Å². The van der Waals surface area contributed by atoms with E-state index in [1.54, 1.807) is 18.4 Å². The van der Waals surface area contributed by atoms with Crippen LogP contribution in [0.2, 0.25) is 0 Å². The van der Waals surface area contributed by atoms with Crippen LogP contribution in [-0.2, 0) is 6.42 Å². The van der Waals surface area contributed by atoms with Gasteiger partial charge < -0.3 is 16.8 Å². The number of allylic oxidation sites excluding steroid dienone is 2. The molecule has 1 unspecified atom stereocenters. The van der Waals surface area contributed by atoms with Gasteiger partial charge in [0.1, 0.15) is 17.0 Å². The van der Waals surface area contributed by atoms with Crippen LogP contribution in [0.15, 0.2) is 34.5 Å². The fraction of sp³-hybridized carbons (Fsp3) is 0.214. The zero-order chi connectivity index (χ0) is 15.9. The molecule has 8 heteroatoms. The van der Waals surface area contributed by atoms with E-state index >= 15 is 0 Å². The zero-order valence-corrected chi connectivity index (χ0v) is 13.3. The Morgan fingerprint density at radius 3 is 2.91 bits per heavy atom. The quantitative estimate of drug-likeness (QED) is 0.748. The van der Waals surface area contributed by atoms with Crippen LogP contribution in [0.25, 0.3) is 10.2 Å². The van der Waals surface area contributed by atoms with Crippen molar-refractivity contribution in [2.75, 3.05) is 6.26 Å². The summed E-state index contributed by atoms with van der Waals surface area (Å²) in [7, 11) is 0. The summed E-state index contributed by atoms with van der Waals surface area (Å²) in [6.45, 7) is 0. The van der Waals surface area contributed by atoms with Crippen LogP contribution < -0.4 is 16.8 Å². The van der Waals surface area contributed by atoms with Crippen molar-refractivity contribution >= 4 is 33.3 Å². The van der Waals surface area contributed by atoms with E-state index in [0.29, 0.717) is 10.0 Å². The van der Waals surface area contributed by atoms with Gasteiger partial charge in [0.25, 0.3) is 0 Å². The van der Waals surface area contributed by atoms with Crippen LogP contribution in [0.5, 0.6) is 0 Å². The molecular formula is C14H14F2N4S2. The van der Waals surface area contributed by atoms with Gasteiger partial charge in [-0.1, -0.05) is 11.8 Å². The number of nitrogens with zero attached hydrogens (tertiary/aromatic N) is 1. The highest BCUT2D eigenvalue weighted by molar-refractivity contribution is 8.00. The molecule has 1 aliphatic rings. The molecule has 1 aliphatic heterocycles. The number of nitrogens with one attached hydrogen (secondary N) is 1. The van der Waals surface area contributed by atoms with Crippen molar-refractivity contribution < 1.29 is 8.78 Å². The third-order valence-electron chi connectivity index (χ3n) is 3.49. The minimum Gasteiger partial charge on any atom is -0.399 e. The Labute approximate surface area is 134 Å². The lowest BCUT2D eigenvalue weighted by Crippen LogP contribution is -2.57. The van der Waals surface area contributed by atoms with Gasteiger partial charge in [-0.05, 0) is 36.2 Å². The second kappa shape index (κ2) is 5.53. The summed E-state index contributed by atoms with van der Waals surface area (Å²) >= 11 is 2.48. The lowest BCUT2D eigenvalue weighted by atomic mass is 9.95. The molecule has 116 valence electrons. The minimum atomic E-state index is -1.14. The largest absolute Gasteiger partial charge is 0.399 e. The molecule has 0 fully saturated rings. The van der Waals surface area contributed by atoms with Gasteiger partial charge in [0, 0.05) is 12.1 Å². The number of thioether (sulfide) groups is 1. The van der Waals surface area contributed by atoms with Crippen molar-refractivity contribution in [3.63, 3.8) is 0 Å². The fourth-order valence-corrected chi connectivity index (χ4v) is 3.83. The summed E-state index contributed by atoms with van der Waals surface area (Å²) in [5.41, 5.74) is 11.5. The average Bonchev–Trinajstić information content (AvgIpc) is 2.93. The number of nitrogens with two attached hydrogens (primary N) is 2. The fourth-order valence-electron chi connectivity index (χ4n) is 2.29. The van der Waals surface area contributed by atoms with E-state index in [-0.39, 0.29) is 22.2 Å². The molecule has 1 aromatic carbocycles. The van der Waals surface area contributed by atoms with Crippen molar-refractivity contribution in [2.24, 2.45) is 11.5 Å². The predicted molar refractivity (Wildman–Crippen MR) is 86.5 cm³/mol. The number of rotatable bonds is 3. The predicted octanol–water partition coefficient (Wildman–Crippen LogP) is 2.45. The minimum absolute atomic E-state index is 0.0326. The van der Waals surface area contributed by atoms with Crippen molar-refractivity contribution in [1.82, 2.24) is 10.3 Å². The molecule has 0 saturated heterocycles. The van der Waals surface area contributed by atoms with Gasteiger partial charge in [-0.3, -0.25) is 0 Å². The van der Waals surface area contributed by atoms with Crippen LogP contribution in [0.1, 0.15) is 5.56 Å². The maximum Gasteiger partial charge on any atom is 0.151 e. The number of thiazole rings is 1. The number of benzene rings is 1. The highest BCUT2D eigenvalue weighted by Gasteiger charge is 2.31. The Balaban J connectivity index is 2.06. The molecule has 5 N–H and O–H groups in total. The van der Waals surface area contributed by atoms with Crippen molar-refractivity contribution in [3.8, 4) is 0 Å². The zero-order valence-electron chi connectivity index (χ0n) is 11.7. The van der Waals surface area contributed by atoms with Crippen LogP contribution in [0, 0.1) is 11.6 Å². The molecular weight excluding hydrogens is 326 g/mol. The summed E-state index contributed by atoms with van der Waals surface area (Å²) in [4.78, 5) is 4.08. The first kappa shape index (κ1) is 15.3. The summed E-state index contributed by atoms with van der Waals surface area (Å²) in [5, 5.41) is 2.90. The van der Waals surface area contributed by atoms with Gasteiger partial charge >= 0.3 is 0 Å². The third kappa shape index (κ3) is 2.47. The monoisotopic (exact) mass is 340 g/mol. The summed E-state index contributed by atoms with van der Waals surface area (Å²) in [5.74, 6) is -1.05. The first-order valence-corrected chi connectivity index (χ1v) is 8.49. The summed E-state index contributed by atoms with van der Waals surface area (Å²) < 4.78 is 29.7. The normalized spacial score (nSPS) is 21.0. The van der Waals surface area contributed by atoms with Gasteiger partial charge in [0.2, 0.25) is 0 Å². The van der Waals surface area contributed by atoms with E-state index < -0.39 is 17.3 Å². The molecule has 2 heterocycles. The van der Waals surface area contributed by atoms with Crippen LogP contribution in [0.3, 0.4) is 0 Å². The van der Waals surface area contributed by atoms with Crippen LogP contribution >= 0.6 is 23.1 Å². The van der Waals surface area contributed by atoms with E-state index in [1.165, 1.54) is 11.8 Å². The number of hydrogen-bond acceptors (Lipinski definition) is 6. The van der Waals surface area contributed by atoms with Crippen LogP contribution in [-0.4, -0.2) is 16.9 Å². The van der Waals surface area contributed by atoms with Crippen molar-refractivity contribution in [2.45, 2.75) is 16.4 Å². The Bertz CT molecular complexity index is 800. The lowest BCUT2D eigenvalue weighted by Gasteiger charge is -2.32. The maximum atomic E-state index is 14.7. The molecule has 0 radical (unpaired) electrons. The first-order chi connectivity index (χ1) is 10.4. The smallest absolute Gasteiger partial charge is 0.151 e. The number of aromatic nitrogens is 1. The number of hydrogen-bond donors (Lipinski definition) is 3. The maximum absolute atomic E-state index is 14.7. The number of halogens is 2. The molecule has 0 aliphatic carbocycles. The van der Waals surface area contributed by atoms with Gasteiger partial charge in [0.05, 0.1) is 4.70 Å². The molecule has 0 bridgehead atoms. The highest BCUT2D eigenvalue weighted by Crippen LogP contribution is 2.34. The molecule has 1 atom stereocenters. The van der Waals surface area contributed by atoms with Crippen LogP contribution in [0.4, 0.5) is 8.78 Å². The topological polar surface area (TPSA) is 77.0 Å². The molecule has 3 rings (SSSR count). The van der Waals surface area contributed by atoms with Crippen molar-refractivity contribution in [1.29, 1.82) is 0 Å². The molecule has 22 heavy (non-hydrogen) atoms. The second-order valence-electron chi connectivity index (χ2n) is 4.97. The lowest BCUT2D eigenvalue weighted by molar-refractivity contribution is 0.424. The highest BCUT2D eigenvalue weighted by atomic mass is 32.2. The van der Waals surface area contributed by atoms with E-state index in [2.05, 4.69) is 10.3 Å². The molecule has 1 aromatic heterocycles. The second-order valence-corrected chi connectivity index (χ2v) is 7.02. The Morgan fingerprint density at radius 2 is 2.23 bits per heavy atom. The third-order valence-corrected chi connectivity index (χ3v) is 5.52. The molecule has 0 saturated carbocycles. The number of fused-ring (bicyclic) bond motifs is 1. The van der Waals surface area contributed by atoms with E-state index in [1.807, 2.05) is 6.26 Å². The molecule has 4 nitrogen and oxygen atoms in total. The van der Waals surface area contributed by atoms with E-state index in [0.717, 1.165) is 17.4 Å². The molecule has 0 spiro atoms. The average molecular weight is 340 g/mol.